The van der Waals surface area contributed by atoms with E-state index in [9.17, 15) is 4.39 Å². The van der Waals surface area contributed by atoms with E-state index in [2.05, 4.69) is 5.32 Å². The van der Waals surface area contributed by atoms with Gasteiger partial charge in [-0.1, -0.05) is 23.7 Å². The molecular weight excluding hydrogens is 237 g/mol. The van der Waals surface area contributed by atoms with Crippen LogP contribution in [0.5, 0.6) is 0 Å². The molecule has 1 nitrogen and oxygen atoms in total. The summed E-state index contributed by atoms with van der Waals surface area (Å²) in [6.07, 6.45) is 5.90. The first kappa shape index (κ1) is 11.5. The predicted octanol–water partition coefficient (Wildman–Crippen LogP) is 3.55. The van der Waals surface area contributed by atoms with Crippen LogP contribution in [0.25, 0.3) is 0 Å². The van der Waals surface area contributed by atoms with Gasteiger partial charge in [0.15, 0.2) is 0 Å². The van der Waals surface area contributed by atoms with E-state index < -0.39 is 0 Å². The number of halogens is 2. The van der Waals surface area contributed by atoms with Crippen molar-refractivity contribution in [2.24, 2.45) is 5.92 Å². The normalized spacial score (nSPS) is 28.6. The fourth-order valence-electron chi connectivity index (χ4n) is 3.13. The van der Waals surface area contributed by atoms with Crippen molar-refractivity contribution in [2.45, 2.75) is 37.6 Å². The lowest BCUT2D eigenvalue weighted by Gasteiger charge is -2.30. The van der Waals surface area contributed by atoms with Crippen LogP contribution in [0.2, 0.25) is 5.02 Å². The van der Waals surface area contributed by atoms with Gasteiger partial charge in [0, 0.05) is 5.54 Å². The molecule has 1 N–H and O–H groups in total. The molecule has 1 aromatic carbocycles. The van der Waals surface area contributed by atoms with Crippen molar-refractivity contribution < 1.29 is 4.39 Å². The molecular formula is C14H17ClFN. The van der Waals surface area contributed by atoms with Crippen LogP contribution in [-0.2, 0) is 6.42 Å². The summed E-state index contributed by atoms with van der Waals surface area (Å²) in [5.41, 5.74) is 1.14. The molecule has 0 radical (unpaired) electrons. The summed E-state index contributed by atoms with van der Waals surface area (Å²) in [4.78, 5) is 0. The van der Waals surface area contributed by atoms with E-state index in [1.165, 1.54) is 31.7 Å². The van der Waals surface area contributed by atoms with Gasteiger partial charge in [0.25, 0.3) is 0 Å². The molecule has 1 atom stereocenters. The molecule has 2 aliphatic rings. The third kappa shape index (κ3) is 2.09. The fourth-order valence-corrected chi connectivity index (χ4v) is 3.33. The van der Waals surface area contributed by atoms with E-state index >= 15 is 0 Å². The third-order valence-electron chi connectivity index (χ3n) is 4.17. The molecule has 1 aliphatic carbocycles. The minimum absolute atomic E-state index is 0.192. The number of benzene rings is 1. The van der Waals surface area contributed by atoms with Gasteiger partial charge in [0.05, 0.1) is 5.02 Å². The van der Waals surface area contributed by atoms with Crippen molar-refractivity contribution in [1.29, 1.82) is 0 Å². The van der Waals surface area contributed by atoms with Gasteiger partial charge in [-0.05, 0) is 56.2 Å². The van der Waals surface area contributed by atoms with Gasteiger partial charge in [0.2, 0.25) is 0 Å². The second kappa shape index (κ2) is 4.25. The maximum absolute atomic E-state index is 13.4. The first-order valence-electron chi connectivity index (χ1n) is 6.39. The second-order valence-electron chi connectivity index (χ2n) is 5.35. The molecule has 3 rings (SSSR count). The molecule has 0 amide bonds. The van der Waals surface area contributed by atoms with E-state index in [1.54, 1.807) is 6.07 Å². The summed E-state index contributed by atoms with van der Waals surface area (Å²) < 4.78 is 13.4. The number of nitrogens with one attached hydrogen (secondary N) is 1. The molecule has 3 heteroatoms. The SMILES string of the molecule is Fc1cccc(CC2(C3CC3)CCCN2)c1Cl. The van der Waals surface area contributed by atoms with Crippen LogP contribution >= 0.6 is 11.6 Å². The molecule has 2 fully saturated rings. The summed E-state index contributed by atoms with van der Waals surface area (Å²) in [7, 11) is 0. The Hall–Kier alpha value is -0.600. The van der Waals surface area contributed by atoms with Crippen molar-refractivity contribution in [1.82, 2.24) is 5.32 Å². The largest absolute Gasteiger partial charge is 0.311 e. The Morgan fingerprint density at radius 1 is 1.41 bits per heavy atom. The summed E-state index contributed by atoms with van der Waals surface area (Å²) in [5, 5.41) is 3.95. The minimum Gasteiger partial charge on any atom is -0.311 e. The van der Waals surface area contributed by atoms with Gasteiger partial charge >= 0.3 is 0 Å². The van der Waals surface area contributed by atoms with Gasteiger partial charge in [0.1, 0.15) is 5.82 Å². The Balaban J connectivity index is 1.87. The highest BCUT2D eigenvalue weighted by atomic mass is 35.5. The molecule has 92 valence electrons. The van der Waals surface area contributed by atoms with Crippen LogP contribution in [-0.4, -0.2) is 12.1 Å². The Morgan fingerprint density at radius 3 is 2.88 bits per heavy atom. The lowest BCUT2D eigenvalue weighted by molar-refractivity contribution is 0.323. The highest BCUT2D eigenvalue weighted by Gasteiger charge is 2.46. The molecule has 17 heavy (non-hydrogen) atoms. The molecule has 1 unspecified atom stereocenters. The molecule has 0 aromatic heterocycles. The smallest absolute Gasteiger partial charge is 0.142 e. The predicted molar refractivity (Wildman–Crippen MR) is 67.8 cm³/mol. The van der Waals surface area contributed by atoms with Gasteiger partial charge < -0.3 is 5.32 Å². The molecule has 1 saturated carbocycles. The zero-order valence-electron chi connectivity index (χ0n) is 9.81. The van der Waals surface area contributed by atoms with Crippen LogP contribution in [0.1, 0.15) is 31.2 Å². The van der Waals surface area contributed by atoms with Crippen molar-refractivity contribution >= 4 is 11.6 Å². The Bertz CT molecular complexity index is 422. The maximum atomic E-state index is 13.4. The first-order valence-corrected chi connectivity index (χ1v) is 6.77. The summed E-state index contributed by atoms with van der Waals surface area (Å²) in [5.74, 6) is 0.470. The van der Waals surface area contributed by atoms with E-state index in [1.807, 2.05) is 6.07 Å². The molecule has 1 aromatic rings. The maximum Gasteiger partial charge on any atom is 0.142 e. The van der Waals surface area contributed by atoms with Crippen LogP contribution in [0, 0.1) is 11.7 Å². The minimum atomic E-state index is -0.298. The Morgan fingerprint density at radius 2 is 2.24 bits per heavy atom. The average molecular weight is 254 g/mol. The van der Waals surface area contributed by atoms with Crippen LogP contribution in [0.15, 0.2) is 18.2 Å². The molecule has 0 spiro atoms. The Kier molecular flexibility index (Phi) is 2.87. The zero-order chi connectivity index (χ0) is 11.9. The average Bonchev–Trinajstić information content (AvgIpc) is 3.08. The fraction of sp³-hybridized carbons (Fsp3) is 0.571. The summed E-state index contributed by atoms with van der Waals surface area (Å²) in [6.45, 7) is 1.09. The van der Waals surface area contributed by atoms with E-state index in [-0.39, 0.29) is 11.4 Å². The number of hydrogen-bond donors (Lipinski definition) is 1. The van der Waals surface area contributed by atoms with E-state index in [0.717, 1.165) is 24.4 Å². The van der Waals surface area contributed by atoms with Crippen molar-refractivity contribution in [3.63, 3.8) is 0 Å². The number of hydrogen-bond acceptors (Lipinski definition) is 1. The molecule has 1 aliphatic heterocycles. The second-order valence-corrected chi connectivity index (χ2v) is 5.73. The van der Waals surface area contributed by atoms with E-state index in [0.29, 0.717) is 5.02 Å². The lowest BCUT2D eigenvalue weighted by Crippen LogP contribution is -2.44. The number of rotatable bonds is 3. The highest BCUT2D eigenvalue weighted by molar-refractivity contribution is 6.31. The van der Waals surface area contributed by atoms with Crippen molar-refractivity contribution in [3.05, 3.63) is 34.6 Å². The van der Waals surface area contributed by atoms with Gasteiger partial charge in [-0.15, -0.1) is 0 Å². The van der Waals surface area contributed by atoms with Crippen LogP contribution in [0.4, 0.5) is 4.39 Å². The third-order valence-corrected chi connectivity index (χ3v) is 4.60. The topological polar surface area (TPSA) is 12.0 Å². The zero-order valence-corrected chi connectivity index (χ0v) is 10.6. The summed E-state index contributed by atoms with van der Waals surface area (Å²) in [6, 6.07) is 5.14. The quantitative estimate of drug-likeness (QED) is 0.869. The van der Waals surface area contributed by atoms with Gasteiger partial charge in [-0.25, -0.2) is 4.39 Å². The van der Waals surface area contributed by atoms with Crippen LogP contribution < -0.4 is 5.32 Å². The van der Waals surface area contributed by atoms with Gasteiger partial charge in [-0.3, -0.25) is 0 Å². The van der Waals surface area contributed by atoms with Crippen molar-refractivity contribution in [3.8, 4) is 0 Å². The van der Waals surface area contributed by atoms with Crippen LogP contribution in [0.3, 0.4) is 0 Å². The van der Waals surface area contributed by atoms with E-state index in [4.69, 9.17) is 11.6 Å². The molecule has 1 saturated heterocycles. The van der Waals surface area contributed by atoms with Gasteiger partial charge in [-0.2, -0.15) is 0 Å². The van der Waals surface area contributed by atoms with Crippen molar-refractivity contribution in [2.75, 3.05) is 6.54 Å². The molecule has 1 heterocycles. The lowest BCUT2D eigenvalue weighted by atomic mass is 9.84. The Labute approximate surface area is 106 Å². The highest BCUT2D eigenvalue weighted by Crippen LogP contribution is 2.46. The standard InChI is InChI=1S/C14H17ClFN/c15-13-10(3-1-4-12(13)16)9-14(11-5-6-11)7-2-8-17-14/h1,3-4,11,17H,2,5-9H2. The monoisotopic (exact) mass is 253 g/mol. The molecule has 0 bridgehead atoms. The first-order chi connectivity index (χ1) is 8.21. The summed E-state index contributed by atoms with van der Waals surface area (Å²) >= 11 is 6.06.